The molecule has 96 valence electrons. The van der Waals surface area contributed by atoms with E-state index in [0.717, 1.165) is 23.4 Å². The molecule has 4 heteroatoms. The minimum Gasteiger partial charge on any atom is -0.396 e. The molecule has 0 saturated carbocycles. The van der Waals surface area contributed by atoms with Gasteiger partial charge in [0.15, 0.2) is 0 Å². The van der Waals surface area contributed by atoms with E-state index in [1.165, 1.54) is 0 Å². The van der Waals surface area contributed by atoms with Crippen LogP contribution in [0.2, 0.25) is 10.0 Å². The second-order valence-corrected chi connectivity index (χ2v) is 5.13. The average molecular weight is 276 g/mol. The van der Waals surface area contributed by atoms with Gasteiger partial charge < -0.3 is 10.8 Å². The van der Waals surface area contributed by atoms with Crippen LogP contribution in [0.5, 0.6) is 0 Å². The monoisotopic (exact) mass is 275 g/mol. The molecule has 0 bridgehead atoms. The quantitative estimate of drug-likeness (QED) is 0.836. The number of halogens is 2. The molecule has 0 aliphatic heterocycles. The topological polar surface area (TPSA) is 46.2 Å². The van der Waals surface area contributed by atoms with Crippen LogP contribution < -0.4 is 5.73 Å². The smallest absolute Gasteiger partial charge is 0.0471 e. The highest BCUT2D eigenvalue weighted by Gasteiger charge is 2.18. The summed E-state index contributed by atoms with van der Waals surface area (Å²) < 4.78 is 0. The minimum absolute atomic E-state index is 0.116. The molecule has 0 spiro atoms. The average Bonchev–Trinajstić information content (AvgIpc) is 2.34. The van der Waals surface area contributed by atoms with E-state index >= 15 is 0 Å². The van der Waals surface area contributed by atoms with Gasteiger partial charge >= 0.3 is 0 Å². The van der Waals surface area contributed by atoms with Crippen LogP contribution in [0.3, 0.4) is 0 Å². The third-order valence-electron chi connectivity index (χ3n) is 3.10. The van der Waals surface area contributed by atoms with Gasteiger partial charge in [0.25, 0.3) is 0 Å². The lowest BCUT2D eigenvalue weighted by Crippen LogP contribution is -2.20. The molecule has 1 rings (SSSR count). The zero-order valence-electron chi connectivity index (χ0n) is 10.00. The fourth-order valence-corrected chi connectivity index (χ4v) is 2.44. The number of aliphatic hydroxyl groups excluding tert-OH is 1. The zero-order valence-corrected chi connectivity index (χ0v) is 11.5. The second-order valence-electron chi connectivity index (χ2n) is 4.29. The summed E-state index contributed by atoms with van der Waals surface area (Å²) in [5.41, 5.74) is 6.66. The highest BCUT2D eigenvalue weighted by atomic mass is 35.5. The van der Waals surface area contributed by atoms with Crippen LogP contribution >= 0.6 is 23.2 Å². The standard InChI is InChI=1S/C13H19Cl2NO/c1-2-10(5-9(7-16)8-17)12-6-11(14)3-4-13(12)15/h3-4,6,9-10,17H,2,5,7-8,16H2,1H3. The van der Waals surface area contributed by atoms with Gasteiger partial charge in [0, 0.05) is 16.7 Å². The van der Waals surface area contributed by atoms with Gasteiger partial charge in [0.1, 0.15) is 0 Å². The molecule has 17 heavy (non-hydrogen) atoms. The van der Waals surface area contributed by atoms with Crippen molar-refractivity contribution in [1.82, 2.24) is 0 Å². The second kappa shape index (κ2) is 7.22. The van der Waals surface area contributed by atoms with Crippen molar-refractivity contribution in [3.8, 4) is 0 Å². The number of hydrogen-bond acceptors (Lipinski definition) is 2. The van der Waals surface area contributed by atoms with Crippen molar-refractivity contribution in [2.75, 3.05) is 13.2 Å². The Morgan fingerprint density at radius 1 is 1.35 bits per heavy atom. The number of hydrogen-bond donors (Lipinski definition) is 2. The molecule has 0 fully saturated rings. The summed E-state index contributed by atoms with van der Waals surface area (Å²) in [5.74, 6) is 0.414. The number of aliphatic hydroxyl groups is 1. The first kappa shape index (κ1) is 14.8. The number of rotatable bonds is 6. The van der Waals surface area contributed by atoms with E-state index in [1.807, 2.05) is 12.1 Å². The predicted molar refractivity (Wildman–Crippen MR) is 73.7 cm³/mol. The SMILES string of the molecule is CCC(CC(CN)CO)c1cc(Cl)ccc1Cl. The van der Waals surface area contributed by atoms with Crippen molar-refractivity contribution in [2.24, 2.45) is 11.7 Å². The maximum Gasteiger partial charge on any atom is 0.0471 e. The third kappa shape index (κ3) is 4.14. The Kier molecular flexibility index (Phi) is 6.28. The molecule has 0 amide bonds. The summed E-state index contributed by atoms with van der Waals surface area (Å²) in [6.07, 6.45) is 1.79. The molecule has 0 saturated heterocycles. The third-order valence-corrected chi connectivity index (χ3v) is 3.68. The van der Waals surface area contributed by atoms with E-state index in [-0.39, 0.29) is 12.5 Å². The van der Waals surface area contributed by atoms with Crippen LogP contribution in [0.15, 0.2) is 18.2 Å². The molecular formula is C13H19Cl2NO. The van der Waals surface area contributed by atoms with Gasteiger partial charge in [-0.25, -0.2) is 0 Å². The van der Waals surface area contributed by atoms with Gasteiger partial charge in [0.2, 0.25) is 0 Å². The van der Waals surface area contributed by atoms with E-state index in [0.29, 0.717) is 17.5 Å². The summed E-state index contributed by atoms with van der Waals surface area (Å²) in [7, 11) is 0. The Hall–Kier alpha value is -0.280. The van der Waals surface area contributed by atoms with E-state index < -0.39 is 0 Å². The Balaban J connectivity index is 2.89. The van der Waals surface area contributed by atoms with Crippen LogP contribution in [-0.4, -0.2) is 18.3 Å². The van der Waals surface area contributed by atoms with Crippen molar-refractivity contribution in [3.63, 3.8) is 0 Å². The maximum absolute atomic E-state index is 9.20. The van der Waals surface area contributed by atoms with Crippen LogP contribution in [0.25, 0.3) is 0 Å². The first-order chi connectivity index (χ1) is 8.12. The van der Waals surface area contributed by atoms with Crippen molar-refractivity contribution >= 4 is 23.2 Å². The Morgan fingerprint density at radius 2 is 2.06 bits per heavy atom. The Morgan fingerprint density at radius 3 is 2.59 bits per heavy atom. The summed E-state index contributed by atoms with van der Waals surface area (Å²) in [4.78, 5) is 0. The van der Waals surface area contributed by atoms with E-state index in [2.05, 4.69) is 6.92 Å². The predicted octanol–water partition coefficient (Wildman–Crippen LogP) is 3.44. The minimum atomic E-state index is 0.116. The maximum atomic E-state index is 9.20. The molecule has 0 aromatic heterocycles. The fourth-order valence-electron chi connectivity index (χ4n) is 1.99. The van der Waals surface area contributed by atoms with Gasteiger partial charge in [-0.05, 0) is 55.0 Å². The van der Waals surface area contributed by atoms with Gasteiger partial charge in [-0.2, -0.15) is 0 Å². The van der Waals surface area contributed by atoms with Crippen molar-refractivity contribution in [2.45, 2.75) is 25.7 Å². The van der Waals surface area contributed by atoms with Gasteiger partial charge in [-0.3, -0.25) is 0 Å². The molecule has 1 aromatic carbocycles. The molecular weight excluding hydrogens is 257 g/mol. The van der Waals surface area contributed by atoms with Gasteiger partial charge in [-0.1, -0.05) is 30.1 Å². The molecule has 0 heterocycles. The van der Waals surface area contributed by atoms with Crippen molar-refractivity contribution in [3.05, 3.63) is 33.8 Å². The lowest BCUT2D eigenvalue weighted by molar-refractivity contribution is 0.214. The lowest BCUT2D eigenvalue weighted by Gasteiger charge is -2.21. The van der Waals surface area contributed by atoms with Crippen LogP contribution in [-0.2, 0) is 0 Å². The molecule has 0 aliphatic carbocycles. The van der Waals surface area contributed by atoms with E-state index in [1.54, 1.807) is 6.07 Å². The van der Waals surface area contributed by atoms with Crippen molar-refractivity contribution < 1.29 is 5.11 Å². The largest absolute Gasteiger partial charge is 0.396 e. The fraction of sp³-hybridized carbons (Fsp3) is 0.538. The van der Waals surface area contributed by atoms with E-state index in [9.17, 15) is 5.11 Å². The van der Waals surface area contributed by atoms with Gasteiger partial charge in [-0.15, -0.1) is 0 Å². The summed E-state index contributed by atoms with van der Waals surface area (Å²) in [6, 6.07) is 5.51. The van der Waals surface area contributed by atoms with E-state index in [4.69, 9.17) is 28.9 Å². The highest BCUT2D eigenvalue weighted by Crippen LogP contribution is 2.33. The molecule has 2 unspecified atom stereocenters. The lowest BCUT2D eigenvalue weighted by atomic mass is 9.87. The molecule has 2 atom stereocenters. The summed E-state index contributed by atoms with van der Waals surface area (Å²) >= 11 is 12.2. The molecule has 2 nitrogen and oxygen atoms in total. The van der Waals surface area contributed by atoms with Crippen LogP contribution in [0.1, 0.15) is 31.2 Å². The Labute approximate surface area is 113 Å². The summed E-state index contributed by atoms with van der Waals surface area (Å²) in [6.45, 7) is 2.71. The molecule has 0 aliphatic rings. The molecule has 0 radical (unpaired) electrons. The van der Waals surface area contributed by atoms with Crippen molar-refractivity contribution in [1.29, 1.82) is 0 Å². The van der Waals surface area contributed by atoms with Crippen LogP contribution in [0.4, 0.5) is 0 Å². The Bertz CT molecular complexity index is 353. The number of nitrogens with two attached hydrogens (primary N) is 1. The molecule has 1 aromatic rings. The normalized spacial score (nSPS) is 14.6. The number of benzene rings is 1. The zero-order chi connectivity index (χ0) is 12.8. The van der Waals surface area contributed by atoms with Gasteiger partial charge in [0.05, 0.1) is 0 Å². The molecule has 3 N–H and O–H groups in total. The highest BCUT2D eigenvalue weighted by molar-refractivity contribution is 6.33. The first-order valence-corrected chi connectivity index (χ1v) is 6.63. The first-order valence-electron chi connectivity index (χ1n) is 5.88. The van der Waals surface area contributed by atoms with Crippen LogP contribution in [0, 0.1) is 5.92 Å². The summed E-state index contributed by atoms with van der Waals surface area (Å²) in [5, 5.41) is 10.6.